The first kappa shape index (κ1) is 15.0. The molecule has 0 aromatic rings. The molecule has 1 aliphatic rings. The van der Waals surface area contributed by atoms with Crippen molar-refractivity contribution < 1.29 is 4.74 Å². The molecule has 102 valence electrons. The van der Waals surface area contributed by atoms with Crippen molar-refractivity contribution in [2.24, 2.45) is 5.41 Å². The number of hydrogen-bond donors (Lipinski definition) is 1. The zero-order valence-corrected chi connectivity index (χ0v) is 12.1. The van der Waals surface area contributed by atoms with Gasteiger partial charge in [-0.1, -0.05) is 40.0 Å². The van der Waals surface area contributed by atoms with Crippen LogP contribution in [-0.4, -0.2) is 25.8 Å². The predicted molar refractivity (Wildman–Crippen MR) is 74.4 cm³/mol. The number of rotatable bonds is 7. The molecule has 0 aliphatic heterocycles. The van der Waals surface area contributed by atoms with Crippen molar-refractivity contribution >= 4 is 0 Å². The molecule has 0 aromatic heterocycles. The minimum atomic E-state index is 0.472. The van der Waals surface area contributed by atoms with Crippen LogP contribution in [-0.2, 0) is 4.74 Å². The predicted octanol–water partition coefficient (Wildman–Crippen LogP) is 3.75. The average Bonchev–Trinajstić information content (AvgIpc) is 2.28. The van der Waals surface area contributed by atoms with Crippen LogP contribution in [0.5, 0.6) is 0 Å². The van der Waals surface area contributed by atoms with Crippen LogP contribution in [0.1, 0.15) is 65.7 Å². The summed E-state index contributed by atoms with van der Waals surface area (Å²) in [5, 5.41) is 3.47. The fourth-order valence-electron chi connectivity index (χ4n) is 2.40. The lowest BCUT2D eigenvalue weighted by Crippen LogP contribution is -2.25. The Kier molecular flexibility index (Phi) is 7.14. The number of ether oxygens (including phenoxy) is 1. The molecule has 1 aliphatic carbocycles. The van der Waals surface area contributed by atoms with E-state index in [2.05, 4.69) is 26.1 Å². The van der Waals surface area contributed by atoms with Crippen LogP contribution in [0.2, 0.25) is 0 Å². The number of hydrogen-bond acceptors (Lipinski definition) is 2. The lowest BCUT2D eigenvalue weighted by atomic mass is 9.91. The van der Waals surface area contributed by atoms with Gasteiger partial charge >= 0.3 is 0 Å². The topological polar surface area (TPSA) is 21.3 Å². The second-order valence-corrected chi connectivity index (χ2v) is 6.55. The molecule has 2 heteroatoms. The molecule has 0 bridgehead atoms. The maximum Gasteiger partial charge on any atom is 0.0594 e. The molecule has 1 N–H and O–H groups in total. The van der Waals surface area contributed by atoms with Gasteiger partial charge < -0.3 is 10.1 Å². The Morgan fingerprint density at radius 1 is 1.06 bits per heavy atom. The molecule has 0 radical (unpaired) electrons. The van der Waals surface area contributed by atoms with E-state index in [4.69, 9.17) is 4.74 Å². The molecule has 0 unspecified atom stereocenters. The highest BCUT2D eigenvalue weighted by molar-refractivity contribution is 4.65. The molecule has 0 atom stereocenters. The van der Waals surface area contributed by atoms with Gasteiger partial charge in [-0.2, -0.15) is 0 Å². The normalized spacial score (nSPS) is 18.5. The van der Waals surface area contributed by atoms with Crippen molar-refractivity contribution in [3.05, 3.63) is 0 Å². The smallest absolute Gasteiger partial charge is 0.0594 e. The van der Waals surface area contributed by atoms with E-state index < -0.39 is 0 Å². The van der Waals surface area contributed by atoms with Gasteiger partial charge in [-0.05, 0) is 37.6 Å². The van der Waals surface area contributed by atoms with Gasteiger partial charge in [-0.15, -0.1) is 0 Å². The summed E-state index contributed by atoms with van der Waals surface area (Å²) in [7, 11) is 0. The van der Waals surface area contributed by atoms with Crippen molar-refractivity contribution in [3.8, 4) is 0 Å². The Labute approximate surface area is 108 Å². The van der Waals surface area contributed by atoms with Crippen LogP contribution in [0, 0.1) is 5.41 Å². The van der Waals surface area contributed by atoms with E-state index in [9.17, 15) is 0 Å². The van der Waals surface area contributed by atoms with Gasteiger partial charge in [0.2, 0.25) is 0 Å². The zero-order chi connectivity index (χ0) is 12.6. The van der Waals surface area contributed by atoms with Crippen molar-refractivity contribution in [2.45, 2.75) is 71.8 Å². The fourth-order valence-corrected chi connectivity index (χ4v) is 2.40. The Morgan fingerprint density at radius 3 is 2.41 bits per heavy atom. The third-order valence-electron chi connectivity index (χ3n) is 3.46. The summed E-state index contributed by atoms with van der Waals surface area (Å²) in [6, 6.07) is 0. The van der Waals surface area contributed by atoms with E-state index in [1.54, 1.807) is 0 Å². The third kappa shape index (κ3) is 8.62. The first-order chi connectivity index (χ1) is 8.08. The fraction of sp³-hybridized carbons (Fsp3) is 1.00. The Morgan fingerprint density at radius 2 is 1.76 bits per heavy atom. The largest absolute Gasteiger partial charge is 0.377 e. The van der Waals surface area contributed by atoms with Gasteiger partial charge in [0.1, 0.15) is 0 Å². The SMILES string of the molecule is CC(C)(C)CCCNCCOC1CCCCC1. The summed E-state index contributed by atoms with van der Waals surface area (Å²) in [5.41, 5.74) is 0.472. The van der Waals surface area contributed by atoms with Gasteiger partial charge in [-0.25, -0.2) is 0 Å². The summed E-state index contributed by atoms with van der Waals surface area (Å²) in [5.74, 6) is 0. The van der Waals surface area contributed by atoms with Crippen molar-refractivity contribution in [2.75, 3.05) is 19.7 Å². The third-order valence-corrected chi connectivity index (χ3v) is 3.46. The summed E-state index contributed by atoms with van der Waals surface area (Å²) >= 11 is 0. The molecule has 1 fully saturated rings. The number of nitrogens with one attached hydrogen (secondary N) is 1. The zero-order valence-electron chi connectivity index (χ0n) is 12.1. The highest BCUT2D eigenvalue weighted by atomic mass is 16.5. The average molecular weight is 241 g/mol. The molecule has 0 spiro atoms. The van der Waals surface area contributed by atoms with Crippen molar-refractivity contribution in [1.29, 1.82) is 0 Å². The van der Waals surface area contributed by atoms with E-state index in [-0.39, 0.29) is 0 Å². The minimum Gasteiger partial charge on any atom is -0.377 e. The molecule has 0 amide bonds. The van der Waals surface area contributed by atoms with Gasteiger partial charge in [0.25, 0.3) is 0 Å². The van der Waals surface area contributed by atoms with Gasteiger partial charge in [0.15, 0.2) is 0 Å². The monoisotopic (exact) mass is 241 g/mol. The first-order valence-corrected chi connectivity index (χ1v) is 7.40. The Hall–Kier alpha value is -0.0800. The van der Waals surface area contributed by atoms with Gasteiger partial charge in [-0.3, -0.25) is 0 Å². The molecular formula is C15H31NO. The molecule has 17 heavy (non-hydrogen) atoms. The summed E-state index contributed by atoms with van der Waals surface area (Å²) < 4.78 is 5.87. The van der Waals surface area contributed by atoms with Crippen LogP contribution in [0.15, 0.2) is 0 Å². The molecule has 0 heterocycles. The Bertz CT molecular complexity index is 180. The van der Waals surface area contributed by atoms with E-state index in [0.717, 1.165) is 19.7 Å². The lowest BCUT2D eigenvalue weighted by molar-refractivity contribution is 0.0303. The maximum absolute atomic E-state index is 5.87. The van der Waals surface area contributed by atoms with Crippen molar-refractivity contribution in [1.82, 2.24) is 5.32 Å². The highest BCUT2D eigenvalue weighted by Gasteiger charge is 2.13. The molecule has 1 saturated carbocycles. The lowest BCUT2D eigenvalue weighted by Gasteiger charge is -2.22. The van der Waals surface area contributed by atoms with Gasteiger partial charge in [0.05, 0.1) is 12.7 Å². The van der Waals surface area contributed by atoms with Crippen molar-refractivity contribution in [3.63, 3.8) is 0 Å². The van der Waals surface area contributed by atoms with Crippen LogP contribution in [0.4, 0.5) is 0 Å². The molecule has 0 aromatic carbocycles. The minimum absolute atomic E-state index is 0.472. The molecule has 2 nitrogen and oxygen atoms in total. The summed E-state index contributed by atoms with van der Waals surface area (Å²) in [6.07, 6.45) is 9.82. The van der Waals surface area contributed by atoms with Crippen LogP contribution in [0.25, 0.3) is 0 Å². The quantitative estimate of drug-likeness (QED) is 0.685. The Balaban J connectivity index is 1.84. The molecule has 0 saturated heterocycles. The highest BCUT2D eigenvalue weighted by Crippen LogP contribution is 2.20. The van der Waals surface area contributed by atoms with E-state index in [0.29, 0.717) is 11.5 Å². The standard InChI is InChI=1S/C15H31NO/c1-15(2,3)10-7-11-16-12-13-17-14-8-5-4-6-9-14/h14,16H,4-13H2,1-3H3. The summed E-state index contributed by atoms with van der Waals surface area (Å²) in [4.78, 5) is 0. The molecule has 1 rings (SSSR count). The van der Waals surface area contributed by atoms with Crippen LogP contribution >= 0.6 is 0 Å². The van der Waals surface area contributed by atoms with E-state index in [1.165, 1.54) is 44.9 Å². The maximum atomic E-state index is 5.87. The molecular weight excluding hydrogens is 210 g/mol. The van der Waals surface area contributed by atoms with Gasteiger partial charge in [0, 0.05) is 6.54 Å². The van der Waals surface area contributed by atoms with E-state index in [1.807, 2.05) is 0 Å². The second-order valence-electron chi connectivity index (χ2n) is 6.55. The van der Waals surface area contributed by atoms with Crippen LogP contribution < -0.4 is 5.32 Å². The second kappa shape index (κ2) is 8.10. The first-order valence-electron chi connectivity index (χ1n) is 7.40. The van der Waals surface area contributed by atoms with Crippen LogP contribution in [0.3, 0.4) is 0 Å². The van der Waals surface area contributed by atoms with E-state index >= 15 is 0 Å². The summed E-state index contributed by atoms with van der Waals surface area (Å²) in [6.45, 7) is 9.95.